The van der Waals surface area contributed by atoms with Crippen LogP contribution in [-0.4, -0.2) is 74.8 Å². The summed E-state index contributed by atoms with van der Waals surface area (Å²) in [5.74, 6) is -1.49. The Bertz CT molecular complexity index is 795. The summed E-state index contributed by atoms with van der Waals surface area (Å²) in [6, 6.07) is 4.80. The van der Waals surface area contributed by atoms with E-state index in [4.69, 9.17) is 0 Å². The fourth-order valence-electron chi connectivity index (χ4n) is 2.82. The zero-order chi connectivity index (χ0) is 19.5. The summed E-state index contributed by atoms with van der Waals surface area (Å²) in [6.07, 6.45) is 0.367. The third-order valence-corrected chi connectivity index (χ3v) is 6.95. The molecule has 1 N–H and O–H groups in total. The smallest absolute Gasteiger partial charge is 0.313 e. The van der Waals surface area contributed by atoms with E-state index in [0.717, 1.165) is 10.0 Å². The standard InChI is InChI=1S/C17H24BrN3O4S/c1-12-10-13(4-5-15(12)18)19-16(22)17(23)21(8-7-20(2)3)14-6-9-26(24,25)11-14/h4-5,10,14H,6-9,11H2,1-3H3,(H,19,22). The van der Waals surface area contributed by atoms with E-state index in [1.807, 2.05) is 25.9 Å². The van der Waals surface area contributed by atoms with Crippen LogP contribution in [0.2, 0.25) is 0 Å². The van der Waals surface area contributed by atoms with Gasteiger partial charge in [-0.05, 0) is 51.2 Å². The van der Waals surface area contributed by atoms with Gasteiger partial charge in [-0.1, -0.05) is 15.9 Å². The molecule has 26 heavy (non-hydrogen) atoms. The molecule has 1 aromatic rings. The second-order valence-electron chi connectivity index (χ2n) is 6.78. The number of hydrogen-bond donors (Lipinski definition) is 1. The van der Waals surface area contributed by atoms with E-state index in [1.54, 1.807) is 18.2 Å². The zero-order valence-electron chi connectivity index (χ0n) is 15.2. The number of likely N-dealkylation sites (N-methyl/N-ethyl adjacent to an activating group) is 1. The maximum Gasteiger partial charge on any atom is 0.313 e. The normalized spacial score (nSPS) is 18.7. The number of aryl methyl sites for hydroxylation is 1. The highest BCUT2D eigenvalue weighted by atomic mass is 79.9. The number of nitrogens with one attached hydrogen (secondary N) is 1. The Morgan fingerprint density at radius 1 is 1.27 bits per heavy atom. The molecule has 0 bridgehead atoms. The predicted octanol–water partition coefficient (Wildman–Crippen LogP) is 1.27. The minimum atomic E-state index is -3.15. The second-order valence-corrected chi connectivity index (χ2v) is 9.86. The average molecular weight is 446 g/mol. The van der Waals surface area contributed by atoms with Crippen molar-refractivity contribution >= 4 is 43.3 Å². The molecule has 0 spiro atoms. The zero-order valence-corrected chi connectivity index (χ0v) is 17.6. The van der Waals surface area contributed by atoms with Crippen LogP contribution in [0.3, 0.4) is 0 Å². The molecule has 1 fully saturated rings. The molecule has 1 saturated heterocycles. The quantitative estimate of drug-likeness (QED) is 0.689. The van der Waals surface area contributed by atoms with Crippen LogP contribution in [0.15, 0.2) is 22.7 Å². The maximum atomic E-state index is 12.7. The molecular formula is C17H24BrN3O4S. The van der Waals surface area contributed by atoms with Crippen molar-refractivity contribution in [2.75, 3.05) is 44.0 Å². The molecule has 0 radical (unpaired) electrons. The number of halogens is 1. The lowest BCUT2D eigenvalue weighted by molar-refractivity contribution is -0.144. The van der Waals surface area contributed by atoms with Gasteiger partial charge in [0, 0.05) is 29.3 Å². The summed E-state index contributed by atoms with van der Waals surface area (Å²) >= 11 is 3.39. The van der Waals surface area contributed by atoms with Gasteiger partial charge in [0.1, 0.15) is 0 Å². The first-order valence-electron chi connectivity index (χ1n) is 8.32. The van der Waals surface area contributed by atoms with Crippen molar-refractivity contribution in [2.45, 2.75) is 19.4 Å². The van der Waals surface area contributed by atoms with Crippen molar-refractivity contribution in [3.05, 3.63) is 28.2 Å². The summed E-state index contributed by atoms with van der Waals surface area (Å²) in [5, 5.41) is 2.61. The molecule has 2 rings (SSSR count). The number of hydrogen-bond acceptors (Lipinski definition) is 5. The minimum absolute atomic E-state index is 0.0525. The van der Waals surface area contributed by atoms with E-state index in [2.05, 4.69) is 21.2 Å². The number of amides is 2. The highest BCUT2D eigenvalue weighted by molar-refractivity contribution is 9.10. The van der Waals surface area contributed by atoms with Crippen LogP contribution >= 0.6 is 15.9 Å². The third-order valence-electron chi connectivity index (χ3n) is 4.31. The summed E-state index contributed by atoms with van der Waals surface area (Å²) in [4.78, 5) is 28.4. The van der Waals surface area contributed by atoms with Crippen molar-refractivity contribution in [3.8, 4) is 0 Å². The molecule has 0 aliphatic carbocycles. The Labute approximate surface area is 162 Å². The van der Waals surface area contributed by atoms with Crippen molar-refractivity contribution in [2.24, 2.45) is 0 Å². The largest absolute Gasteiger partial charge is 0.329 e. The molecule has 1 aliphatic heterocycles. The van der Waals surface area contributed by atoms with Gasteiger partial charge >= 0.3 is 11.8 Å². The highest BCUT2D eigenvalue weighted by Gasteiger charge is 2.36. The minimum Gasteiger partial charge on any atom is -0.329 e. The molecule has 2 amide bonds. The highest BCUT2D eigenvalue weighted by Crippen LogP contribution is 2.21. The van der Waals surface area contributed by atoms with Crippen LogP contribution in [0.4, 0.5) is 5.69 Å². The van der Waals surface area contributed by atoms with Crippen LogP contribution in [0.1, 0.15) is 12.0 Å². The van der Waals surface area contributed by atoms with Crippen molar-refractivity contribution < 1.29 is 18.0 Å². The van der Waals surface area contributed by atoms with Crippen LogP contribution in [-0.2, 0) is 19.4 Å². The number of anilines is 1. The molecule has 1 aliphatic rings. The van der Waals surface area contributed by atoms with Crippen molar-refractivity contribution in [1.29, 1.82) is 0 Å². The fourth-order valence-corrected chi connectivity index (χ4v) is 4.79. The molecular weight excluding hydrogens is 422 g/mol. The Balaban J connectivity index is 2.13. The van der Waals surface area contributed by atoms with Crippen molar-refractivity contribution in [3.63, 3.8) is 0 Å². The number of benzene rings is 1. The lowest BCUT2D eigenvalue weighted by Crippen LogP contribution is -2.48. The van der Waals surface area contributed by atoms with Gasteiger partial charge in [-0.3, -0.25) is 9.59 Å². The second kappa shape index (κ2) is 8.49. The van der Waals surface area contributed by atoms with E-state index in [9.17, 15) is 18.0 Å². The fraction of sp³-hybridized carbons (Fsp3) is 0.529. The summed E-state index contributed by atoms with van der Waals surface area (Å²) < 4.78 is 24.5. The van der Waals surface area contributed by atoms with Gasteiger partial charge in [0.15, 0.2) is 9.84 Å². The lowest BCUT2D eigenvalue weighted by Gasteiger charge is -2.28. The topological polar surface area (TPSA) is 86.8 Å². The van der Waals surface area contributed by atoms with Crippen LogP contribution < -0.4 is 5.32 Å². The van der Waals surface area contributed by atoms with E-state index in [0.29, 0.717) is 25.2 Å². The molecule has 144 valence electrons. The average Bonchev–Trinajstić information content (AvgIpc) is 2.90. The number of carbonyl (C=O) groups is 2. The maximum absolute atomic E-state index is 12.7. The molecule has 1 unspecified atom stereocenters. The Morgan fingerprint density at radius 3 is 2.50 bits per heavy atom. The van der Waals surface area contributed by atoms with E-state index in [-0.39, 0.29) is 11.5 Å². The van der Waals surface area contributed by atoms with Gasteiger partial charge < -0.3 is 15.1 Å². The van der Waals surface area contributed by atoms with Gasteiger partial charge in [-0.2, -0.15) is 0 Å². The molecule has 0 saturated carbocycles. The first kappa shape index (κ1) is 20.9. The molecule has 7 nitrogen and oxygen atoms in total. The summed E-state index contributed by atoms with van der Waals surface area (Å²) in [5.41, 5.74) is 1.46. The number of carbonyl (C=O) groups excluding carboxylic acids is 2. The first-order valence-corrected chi connectivity index (χ1v) is 10.9. The first-order chi connectivity index (χ1) is 12.1. The predicted molar refractivity (Wildman–Crippen MR) is 105 cm³/mol. The summed E-state index contributed by atoms with van der Waals surface area (Å²) in [6.45, 7) is 2.74. The Morgan fingerprint density at radius 2 is 1.96 bits per heavy atom. The number of rotatable bonds is 5. The molecule has 1 heterocycles. The van der Waals surface area contributed by atoms with Gasteiger partial charge in [-0.15, -0.1) is 0 Å². The molecule has 0 aromatic heterocycles. The van der Waals surface area contributed by atoms with Gasteiger partial charge in [0.05, 0.1) is 11.5 Å². The SMILES string of the molecule is Cc1cc(NC(=O)C(=O)N(CCN(C)C)C2CCS(=O)(=O)C2)ccc1Br. The molecule has 9 heteroatoms. The van der Waals surface area contributed by atoms with Gasteiger partial charge in [-0.25, -0.2) is 8.42 Å². The molecule has 1 aromatic carbocycles. The Hall–Kier alpha value is -1.45. The van der Waals surface area contributed by atoms with Gasteiger partial charge in [0.2, 0.25) is 0 Å². The third kappa shape index (κ3) is 5.52. The summed E-state index contributed by atoms with van der Waals surface area (Å²) in [7, 11) is 0.568. The van der Waals surface area contributed by atoms with E-state index < -0.39 is 27.7 Å². The molecule has 1 atom stereocenters. The monoisotopic (exact) mass is 445 g/mol. The van der Waals surface area contributed by atoms with Crippen molar-refractivity contribution in [1.82, 2.24) is 9.80 Å². The lowest BCUT2D eigenvalue weighted by atomic mass is 10.2. The van der Waals surface area contributed by atoms with E-state index >= 15 is 0 Å². The van der Waals surface area contributed by atoms with E-state index in [1.165, 1.54) is 4.90 Å². The number of sulfone groups is 1. The van der Waals surface area contributed by atoms with Crippen LogP contribution in [0, 0.1) is 6.92 Å². The van der Waals surface area contributed by atoms with Gasteiger partial charge in [0.25, 0.3) is 0 Å². The van der Waals surface area contributed by atoms with Crippen LogP contribution in [0.5, 0.6) is 0 Å². The number of nitrogens with zero attached hydrogens (tertiary/aromatic N) is 2. The van der Waals surface area contributed by atoms with Crippen LogP contribution in [0.25, 0.3) is 0 Å². The Kier molecular flexibility index (Phi) is 6.81.